The van der Waals surface area contributed by atoms with Gasteiger partial charge in [0, 0.05) is 17.2 Å². The summed E-state index contributed by atoms with van der Waals surface area (Å²) in [6.45, 7) is 2.27. The minimum atomic E-state index is -0.972. The quantitative estimate of drug-likeness (QED) is 0.905. The van der Waals surface area contributed by atoms with Crippen molar-refractivity contribution in [1.82, 2.24) is 4.98 Å². The topological polar surface area (TPSA) is 62.2 Å². The van der Waals surface area contributed by atoms with Crippen molar-refractivity contribution in [2.75, 3.05) is 5.32 Å². The first-order valence-corrected chi connectivity index (χ1v) is 6.55. The third-order valence-electron chi connectivity index (χ3n) is 2.78. The molecule has 0 radical (unpaired) electrons. The van der Waals surface area contributed by atoms with Crippen LogP contribution in [0.5, 0.6) is 0 Å². The Kier molecular flexibility index (Phi) is 4.16. The van der Waals surface area contributed by atoms with Gasteiger partial charge in [-0.1, -0.05) is 34.1 Å². The van der Waals surface area contributed by atoms with Crippen LogP contribution in [0, 0.1) is 6.92 Å². The molecule has 2 N–H and O–H groups in total. The van der Waals surface area contributed by atoms with Crippen molar-refractivity contribution >= 4 is 27.7 Å². The fourth-order valence-electron chi connectivity index (χ4n) is 1.78. The number of hydrogen-bond acceptors (Lipinski definition) is 3. The number of nitrogens with zero attached hydrogens (tertiary/aromatic N) is 1. The van der Waals surface area contributed by atoms with Crippen molar-refractivity contribution in [3.63, 3.8) is 0 Å². The number of anilines is 1. The van der Waals surface area contributed by atoms with Gasteiger partial charge >= 0.3 is 5.97 Å². The van der Waals surface area contributed by atoms with Gasteiger partial charge in [-0.25, -0.2) is 9.78 Å². The van der Waals surface area contributed by atoms with Crippen LogP contribution in [-0.2, 0) is 6.54 Å². The lowest BCUT2D eigenvalue weighted by Crippen LogP contribution is -2.10. The largest absolute Gasteiger partial charge is 0.478 e. The molecule has 0 unspecified atom stereocenters. The van der Waals surface area contributed by atoms with Gasteiger partial charge < -0.3 is 10.4 Å². The number of nitrogens with one attached hydrogen (secondary N) is 1. The van der Waals surface area contributed by atoms with Crippen molar-refractivity contribution < 1.29 is 9.90 Å². The molecule has 0 bridgehead atoms. The highest BCUT2D eigenvalue weighted by atomic mass is 79.9. The summed E-state index contributed by atoms with van der Waals surface area (Å²) in [4.78, 5) is 15.3. The second kappa shape index (κ2) is 5.84. The molecular weight excluding hydrogens is 308 g/mol. The number of carboxylic acids is 1. The van der Waals surface area contributed by atoms with E-state index in [1.54, 1.807) is 19.2 Å². The van der Waals surface area contributed by atoms with Gasteiger partial charge in [0.2, 0.25) is 0 Å². The maximum Gasteiger partial charge on any atom is 0.339 e. The van der Waals surface area contributed by atoms with Crippen molar-refractivity contribution in [3.05, 3.63) is 57.7 Å². The van der Waals surface area contributed by atoms with E-state index < -0.39 is 5.97 Å². The minimum Gasteiger partial charge on any atom is -0.478 e. The molecule has 19 heavy (non-hydrogen) atoms. The summed E-state index contributed by atoms with van der Waals surface area (Å²) in [6, 6.07) is 9.46. The molecule has 0 fully saturated rings. The number of aryl methyl sites for hydroxylation is 1. The predicted molar refractivity (Wildman–Crippen MR) is 77.4 cm³/mol. The Morgan fingerprint density at radius 2 is 2.11 bits per heavy atom. The fourth-order valence-corrected chi connectivity index (χ4v) is 2.21. The highest BCUT2D eigenvalue weighted by molar-refractivity contribution is 9.10. The Morgan fingerprint density at radius 1 is 1.37 bits per heavy atom. The summed E-state index contributed by atoms with van der Waals surface area (Å²) in [5.41, 5.74) is 1.95. The van der Waals surface area contributed by atoms with E-state index >= 15 is 0 Å². The average Bonchev–Trinajstić information content (AvgIpc) is 2.37. The average molecular weight is 321 g/mol. The number of pyridine rings is 1. The van der Waals surface area contributed by atoms with Gasteiger partial charge in [0.1, 0.15) is 11.4 Å². The van der Waals surface area contributed by atoms with E-state index in [2.05, 4.69) is 26.2 Å². The molecule has 98 valence electrons. The summed E-state index contributed by atoms with van der Waals surface area (Å²) < 4.78 is 0.979. The van der Waals surface area contributed by atoms with E-state index in [9.17, 15) is 9.90 Å². The van der Waals surface area contributed by atoms with Crippen LogP contribution in [0.4, 0.5) is 5.82 Å². The minimum absolute atomic E-state index is 0.217. The van der Waals surface area contributed by atoms with Crippen LogP contribution >= 0.6 is 15.9 Å². The number of halogens is 1. The Morgan fingerprint density at radius 3 is 2.79 bits per heavy atom. The molecule has 5 heteroatoms. The van der Waals surface area contributed by atoms with Gasteiger partial charge in [-0.05, 0) is 30.2 Å². The van der Waals surface area contributed by atoms with Crippen LogP contribution in [-0.4, -0.2) is 16.1 Å². The van der Waals surface area contributed by atoms with E-state index in [4.69, 9.17) is 0 Å². The Labute approximate surface area is 119 Å². The first-order chi connectivity index (χ1) is 9.09. The van der Waals surface area contributed by atoms with E-state index in [0.29, 0.717) is 17.9 Å². The molecule has 1 aromatic carbocycles. The number of rotatable bonds is 4. The van der Waals surface area contributed by atoms with Crippen LogP contribution in [0.2, 0.25) is 0 Å². The number of benzene rings is 1. The summed E-state index contributed by atoms with van der Waals surface area (Å²) in [5, 5.41) is 12.3. The van der Waals surface area contributed by atoms with E-state index in [1.165, 1.54) is 0 Å². The second-order valence-corrected chi connectivity index (χ2v) is 4.96. The normalized spacial score (nSPS) is 10.2. The molecular formula is C14H13BrN2O2. The van der Waals surface area contributed by atoms with Gasteiger partial charge in [0.25, 0.3) is 0 Å². The Bertz CT molecular complexity index is 614. The zero-order valence-corrected chi connectivity index (χ0v) is 11.9. The maximum atomic E-state index is 11.2. The number of carbonyl (C=O) groups is 1. The van der Waals surface area contributed by atoms with Gasteiger partial charge in [-0.2, -0.15) is 0 Å². The molecule has 0 amide bonds. The van der Waals surface area contributed by atoms with Crippen LogP contribution in [0.15, 0.2) is 41.0 Å². The molecule has 1 heterocycles. The Hall–Kier alpha value is -1.88. The summed E-state index contributed by atoms with van der Waals surface area (Å²) >= 11 is 3.46. The molecule has 0 aliphatic carbocycles. The van der Waals surface area contributed by atoms with Gasteiger partial charge in [0.05, 0.1) is 0 Å². The molecule has 0 saturated heterocycles. The third-order valence-corrected chi connectivity index (χ3v) is 3.55. The van der Waals surface area contributed by atoms with Crippen molar-refractivity contribution in [3.8, 4) is 0 Å². The molecule has 0 aliphatic heterocycles. The molecule has 1 aromatic heterocycles. The van der Waals surface area contributed by atoms with Crippen molar-refractivity contribution in [2.45, 2.75) is 13.5 Å². The first-order valence-electron chi connectivity index (χ1n) is 5.75. The SMILES string of the molecule is Cc1ccnc(NCc2ccccc2Br)c1C(=O)O. The molecule has 4 nitrogen and oxygen atoms in total. The molecule has 0 aliphatic rings. The molecule has 0 atom stereocenters. The Balaban J connectivity index is 2.23. The standard InChI is InChI=1S/C14H13BrN2O2/c1-9-6-7-16-13(12(9)14(18)19)17-8-10-4-2-3-5-11(10)15/h2-7H,8H2,1H3,(H,16,17)(H,18,19). The number of hydrogen-bond donors (Lipinski definition) is 2. The number of carboxylic acid groups (broad SMARTS) is 1. The van der Waals surface area contributed by atoms with E-state index in [-0.39, 0.29) is 5.56 Å². The van der Waals surface area contributed by atoms with E-state index in [0.717, 1.165) is 10.0 Å². The summed E-state index contributed by atoms with van der Waals surface area (Å²) in [5.74, 6) is -0.580. The van der Waals surface area contributed by atoms with Gasteiger partial charge in [-0.3, -0.25) is 0 Å². The van der Waals surface area contributed by atoms with E-state index in [1.807, 2.05) is 24.3 Å². The monoisotopic (exact) mass is 320 g/mol. The fraction of sp³-hybridized carbons (Fsp3) is 0.143. The molecule has 2 rings (SSSR count). The zero-order valence-electron chi connectivity index (χ0n) is 10.4. The smallest absolute Gasteiger partial charge is 0.339 e. The summed E-state index contributed by atoms with van der Waals surface area (Å²) in [7, 11) is 0. The molecule has 2 aromatic rings. The van der Waals surface area contributed by atoms with Crippen molar-refractivity contribution in [1.29, 1.82) is 0 Å². The molecule has 0 spiro atoms. The number of aromatic nitrogens is 1. The van der Waals surface area contributed by atoms with Crippen molar-refractivity contribution in [2.24, 2.45) is 0 Å². The highest BCUT2D eigenvalue weighted by Gasteiger charge is 2.14. The lowest BCUT2D eigenvalue weighted by atomic mass is 10.1. The predicted octanol–water partition coefficient (Wildman–Crippen LogP) is 3.46. The lowest BCUT2D eigenvalue weighted by Gasteiger charge is -2.11. The number of aromatic carboxylic acids is 1. The highest BCUT2D eigenvalue weighted by Crippen LogP contribution is 2.20. The molecule has 0 saturated carbocycles. The van der Waals surface area contributed by atoms with Crippen LogP contribution < -0.4 is 5.32 Å². The van der Waals surface area contributed by atoms with Crippen LogP contribution in [0.25, 0.3) is 0 Å². The van der Waals surface area contributed by atoms with Crippen LogP contribution in [0.3, 0.4) is 0 Å². The van der Waals surface area contributed by atoms with Crippen LogP contribution in [0.1, 0.15) is 21.5 Å². The summed E-state index contributed by atoms with van der Waals surface area (Å²) in [6.07, 6.45) is 1.60. The first kappa shape index (κ1) is 13.5. The zero-order chi connectivity index (χ0) is 13.8. The maximum absolute atomic E-state index is 11.2. The lowest BCUT2D eigenvalue weighted by molar-refractivity contribution is 0.0697. The van der Waals surface area contributed by atoms with Gasteiger partial charge in [0.15, 0.2) is 0 Å². The van der Waals surface area contributed by atoms with Gasteiger partial charge in [-0.15, -0.1) is 0 Å². The third kappa shape index (κ3) is 3.12. The second-order valence-electron chi connectivity index (χ2n) is 4.10.